The maximum atomic E-state index is 13.0. The number of aliphatic hydroxyl groups is 1. The van der Waals surface area contributed by atoms with E-state index in [9.17, 15) is 29.4 Å². The number of rotatable bonds is 9. The summed E-state index contributed by atoms with van der Waals surface area (Å²) in [6, 6.07) is 16.7. The van der Waals surface area contributed by atoms with Gasteiger partial charge in [-0.3, -0.25) is 19.4 Å². The van der Waals surface area contributed by atoms with E-state index in [2.05, 4.69) is 20.9 Å². The van der Waals surface area contributed by atoms with Gasteiger partial charge in [0.1, 0.15) is 12.1 Å². The number of carbonyl (C=O) groups excluding carboxylic acids is 3. The zero-order valence-corrected chi connectivity index (χ0v) is 27.9. The van der Waals surface area contributed by atoms with Crippen molar-refractivity contribution in [1.29, 1.82) is 0 Å². The monoisotopic (exact) mass is 713 g/mol. The van der Waals surface area contributed by atoms with E-state index < -0.39 is 42.0 Å². The Morgan fingerprint density at radius 1 is 0.979 bits per heavy atom. The van der Waals surface area contributed by atoms with Crippen molar-refractivity contribution in [3.63, 3.8) is 0 Å². The summed E-state index contributed by atoms with van der Waals surface area (Å²) in [5.74, 6) is -2.46. The van der Waals surface area contributed by atoms with E-state index in [-0.39, 0.29) is 75.1 Å². The van der Waals surface area contributed by atoms with Crippen molar-refractivity contribution in [1.82, 2.24) is 25.8 Å². The molecule has 3 aromatic rings. The van der Waals surface area contributed by atoms with E-state index in [1.165, 1.54) is 4.90 Å². The minimum atomic E-state index is -1.23. The van der Waals surface area contributed by atoms with Gasteiger partial charge in [0.25, 0.3) is 0 Å². The third-order valence-electron chi connectivity index (χ3n) is 7.66. The van der Waals surface area contributed by atoms with Gasteiger partial charge >= 0.3 is 5.97 Å². The number of halogens is 3. The highest BCUT2D eigenvalue weighted by molar-refractivity contribution is 5.89. The number of nitrogens with one attached hydrogen (secondary N) is 3. The highest BCUT2D eigenvalue weighted by atomic mass is 35.5. The topological polar surface area (TPSA) is 213 Å². The molecule has 1 aromatic heterocycles. The van der Waals surface area contributed by atoms with Crippen LogP contribution in [-0.2, 0) is 25.6 Å². The molecular formula is C31H42Cl3N7O6. The molecule has 0 bridgehead atoms. The Hall–Kier alpha value is -3.72. The van der Waals surface area contributed by atoms with Gasteiger partial charge in [0.2, 0.25) is 17.7 Å². The molecule has 2 aliphatic heterocycles. The number of nitrogen functional groups attached to an aromatic ring is 1. The van der Waals surface area contributed by atoms with E-state index in [0.717, 1.165) is 16.5 Å². The Labute approximate surface area is 291 Å². The normalized spacial score (nSPS) is 20.3. The summed E-state index contributed by atoms with van der Waals surface area (Å²) in [4.78, 5) is 54.0. The number of nitrogens with zero attached hydrogens (tertiary/aromatic N) is 2. The number of anilines is 1. The number of carboxylic acids is 1. The van der Waals surface area contributed by atoms with Crippen molar-refractivity contribution in [2.45, 2.75) is 56.0 Å². The van der Waals surface area contributed by atoms with E-state index in [1.54, 1.807) is 6.20 Å². The van der Waals surface area contributed by atoms with E-state index >= 15 is 0 Å². The third kappa shape index (κ3) is 11.8. The smallest absolute Gasteiger partial charge is 0.326 e. The lowest BCUT2D eigenvalue weighted by Gasteiger charge is -2.25. The number of pyridine rings is 1. The molecule has 13 nitrogen and oxygen atoms in total. The summed E-state index contributed by atoms with van der Waals surface area (Å²) >= 11 is 0. The van der Waals surface area contributed by atoms with Gasteiger partial charge in [-0.1, -0.05) is 48.5 Å². The summed E-state index contributed by atoms with van der Waals surface area (Å²) < 4.78 is 0. The zero-order valence-electron chi connectivity index (χ0n) is 25.5. The first-order chi connectivity index (χ1) is 21.1. The number of hydrogen-bond acceptors (Lipinski definition) is 9. The maximum Gasteiger partial charge on any atom is 0.326 e. The fraction of sp³-hybridized carbons (Fsp3) is 0.387. The second-order valence-electron chi connectivity index (χ2n) is 11.0. The highest BCUT2D eigenvalue weighted by Gasteiger charge is 2.44. The van der Waals surface area contributed by atoms with Crippen molar-refractivity contribution in [3.05, 3.63) is 72.4 Å². The van der Waals surface area contributed by atoms with Crippen molar-refractivity contribution in [2.24, 2.45) is 5.73 Å². The molecule has 3 amide bonds. The molecule has 2 aliphatic rings. The van der Waals surface area contributed by atoms with Crippen LogP contribution in [0.25, 0.3) is 10.9 Å². The van der Waals surface area contributed by atoms with Gasteiger partial charge in [-0.25, -0.2) is 4.79 Å². The molecule has 5 atom stereocenters. The van der Waals surface area contributed by atoms with Gasteiger partial charge in [-0.05, 0) is 37.0 Å². The molecule has 3 heterocycles. The lowest BCUT2D eigenvalue weighted by Crippen LogP contribution is -2.49. The number of aromatic nitrogens is 1. The number of nitrogens with two attached hydrogens (primary N) is 2. The fourth-order valence-corrected chi connectivity index (χ4v) is 5.40. The second-order valence-corrected chi connectivity index (χ2v) is 11.0. The SMILES string of the molecule is Cl.Cl.Cl.NCC(=O)N[C@@H]1CN[C@H](C(=O)N2C[C@H](NC(=O)[C@H](O)CCc3ccccc3)C[C@H]2C(=O)O)C1.Nc1cnc2ccccc2c1. The number of amides is 3. The first-order valence-corrected chi connectivity index (χ1v) is 14.5. The fourth-order valence-electron chi connectivity index (χ4n) is 5.40. The highest BCUT2D eigenvalue weighted by Crippen LogP contribution is 2.22. The second kappa shape index (κ2) is 19.8. The number of para-hydroxylation sites is 1. The Morgan fingerprint density at radius 3 is 2.34 bits per heavy atom. The first-order valence-electron chi connectivity index (χ1n) is 14.5. The van der Waals surface area contributed by atoms with Crippen LogP contribution in [0.4, 0.5) is 5.69 Å². The molecule has 2 aromatic carbocycles. The van der Waals surface area contributed by atoms with Gasteiger partial charge in [0, 0.05) is 37.0 Å². The van der Waals surface area contributed by atoms with Gasteiger partial charge in [-0.2, -0.15) is 0 Å². The van der Waals surface area contributed by atoms with Crippen molar-refractivity contribution < 1.29 is 29.4 Å². The van der Waals surface area contributed by atoms with Crippen LogP contribution in [0.3, 0.4) is 0 Å². The Kier molecular flexibility index (Phi) is 17.4. The average Bonchev–Trinajstić information content (AvgIpc) is 3.67. The molecule has 9 N–H and O–H groups in total. The maximum absolute atomic E-state index is 13.0. The number of aliphatic carboxylic acids is 1. The molecule has 0 radical (unpaired) electrons. The number of hydrogen-bond donors (Lipinski definition) is 7. The van der Waals surface area contributed by atoms with Crippen LogP contribution in [0.15, 0.2) is 66.9 Å². The molecule has 47 heavy (non-hydrogen) atoms. The summed E-state index contributed by atoms with van der Waals surface area (Å²) in [6.07, 6.45) is 1.57. The van der Waals surface area contributed by atoms with Gasteiger partial charge < -0.3 is 42.5 Å². The Morgan fingerprint density at radius 2 is 1.66 bits per heavy atom. The molecule has 2 fully saturated rings. The van der Waals surface area contributed by atoms with Crippen molar-refractivity contribution in [2.75, 3.05) is 25.4 Å². The molecule has 0 aliphatic carbocycles. The number of aryl methyl sites for hydroxylation is 1. The largest absolute Gasteiger partial charge is 0.480 e. The Bertz CT molecular complexity index is 1470. The van der Waals surface area contributed by atoms with Crippen LogP contribution in [0.5, 0.6) is 0 Å². The van der Waals surface area contributed by atoms with Crippen LogP contribution < -0.4 is 27.4 Å². The lowest BCUT2D eigenvalue weighted by atomic mass is 10.1. The number of carbonyl (C=O) groups is 4. The molecule has 16 heteroatoms. The van der Waals surface area contributed by atoms with E-state index in [0.29, 0.717) is 25.1 Å². The quantitative estimate of drug-likeness (QED) is 0.167. The molecule has 2 saturated heterocycles. The number of carboxylic acid groups (broad SMARTS) is 1. The van der Waals surface area contributed by atoms with Gasteiger partial charge in [-0.15, -0.1) is 37.2 Å². The predicted molar refractivity (Wildman–Crippen MR) is 186 cm³/mol. The van der Waals surface area contributed by atoms with Gasteiger partial charge in [0.05, 0.1) is 30.0 Å². The minimum absolute atomic E-state index is 0. The van der Waals surface area contributed by atoms with E-state index in [1.807, 2.05) is 60.7 Å². The molecule has 5 rings (SSSR count). The average molecular weight is 715 g/mol. The lowest BCUT2D eigenvalue weighted by molar-refractivity contribution is -0.148. The Balaban J connectivity index is 0.000000666. The molecular weight excluding hydrogens is 673 g/mol. The minimum Gasteiger partial charge on any atom is -0.480 e. The number of aliphatic hydroxyl groups excluding tert-OH is 1. The summed E-state index contributed by atoms with van der Waals surface area (Å²) in [5, 5.41) is 29.3. The van der Waals surface area contributed by atoms with Crippen LogP contribution in [0.2, 0.25) is 0 Å². The molecule has 0 unspecified atom stereocenters. The zero-order chi connectivity index (χ0) is 31.6. The number of benzene rings is 2. The summed E-state index contributed by atoms with van der Waals surface area (Å²) in [6.45, 7) is 0.257. The third-order valence-corrected chi connectivity index (χ3v) is 7.66. The van der Waals surface area contributed by atoms with Crippen LogP contribution in [0, 0.1) is 0 Å². The summed E-state index contributed by atoms with van der Waals surface area (Å²) in [7, 11) is 0. The summed E-state index contributed by atoms with van der Waals surface area (Å²) in [5.41, 5.74) is 13.6. The van der Waals surface area contributed by atoms with Crippen LogP contribution in [0.1, 0.15) is 24.8 Å². The first kappa shape index (κ1) is 41.3. The van der Waals surface area contributed by atoms with Crippen molar-refractivity contribution in [3.8, 4) is 0 Å². The number of fused-ring (bicyclic) bond motifs is 1. The predicted octanol–water partition coefficient (Wildman–Crippen LogP) is 1.04. The molecule has 0 spiro atoms. The van der Waals surface area contributed by atoms with Gasteiger partial charge in [0.15, 0.2) is 0 Å². The van der Waals surface area contributed by atoms with Crippen molar-refractivity contribution >= 4 is 77.5 Å². The van der Waals surface area contributed by atoms with E-state index in [4.69, 9.17) is 11.5 Å². The number of likely N-dealkylation sites (tertiary alicyclic amines) is 1. The molecule has 0 saturated carbocycles. The standard InChI is InChI=1S/C22H31N5O6.C9H8N2.3ClH/c23-10-19(29)25-14-8-16(24-11-14)21(31)27-12-15(9-17(27)22(32)33)26-20(30)18(28)7-6-13-4-2-1-3-5-13;10-8-5-7-3-1-2-4-9(7)11-6-8;;;/h1-5,14-18,24,28H,6-12,23H2,(H,25,29)(H,26,30)(H,32,33);1-6H,10H2;3*1H/t14-,15+,16-,17-,18+;;;;/m0..../s1. The van der Waals surface area contributed by atoms with Crippen LogP contribution >= 0.6 is 37.2 Å². The molecule has 258 valence electrons. The van der Waals surface area contributed by atoms with Crippen LogP contribution in [-0.4, -0.2) is 93.7 Å².